The van der Waals surface area contributed by atoms with E-state index in [4.69, 9.17) is 22.1 Å². The van der Waals surface area contributed by atoms with E-state index in [0.29, 0.717) is 18.5 Å². The minimum atomic E-state index is -0.720. The van der Waals surface area contributed by atoms with Crippen molar-refractivity contribution in [3.8, 4) is 23.2 Å². The quantitative estimate of drug-likeness (QED) is 0.364. The molecule has 0 amide bonds. The molecule has 0 bridgehead atoms. The zero-order valence-corrected chi connectivity index (χ0v) is 17.2. The smallest absolute Gasteiger partial charge is 0.285 e. The molecule has 31 heavy (non-hydrogen) atoms. The van der Waals surface area contributed by atoms with E-state index in [1.165, 1.54) is 24.3 Å². The van der Waals surface area contributed by atoms with Gasteiger partial charge in [-0.2, -0.15) is 0 Å². The minimum Gasteiger partial charge on any atom is -0.383 e. The summed E-state index contributed by atoms with van der Waals surface area (Å²) in [6, 6.07) is 7.18. The van der Waals surface area contributed by atoms with Crippen molar-refractivity contribution < 1.29 is 14.1 Å². The van der Waals surface area contributed by atoms with Gasteiger partial charge in [0.15, 0.2) is 11.6 Å². The van der Waals surface area contributed by atoms with Crippen LogP contribution in [0.4, 0.5) is 15.9 Å². The van der Waals surface area contributed by atoms with Gasteiger partial charge < -0.3 is 15.8 Å². The SMILES string of the molecule is COC1(C#Cc2cc3nc(-c4cccc(Cl)c4F)nc(N)c3cc2[N+](=O)[O-])CCNC1. The van der Waals surface area contributed by atoms with Crippen molar-refractivity contribution in [2.45, 2.75) is 12.0 Å². The molecule has 0 radical (unpaired) electrons. The number of nitrogens with zero attached hydrogens (tertiary/aromatic N) is 3. The van der Waals surface area contributed by atoms with Crippen LogP contribution in [0.15, 0.2) is 30.3 Å². The third-order valence-corrected chi connectivity index (χ3v) is 5.46. The molecular formula is C21H17ClFN5O3. The first-order valence-electron chi connectivity index (χ1n) is 9.33. The van der Waals surface area contributed by atoms with Gasteiger partial charge in [0, 0.05) is 31.5 Å². The lowest BCUT2D eigenvalue weighted by Gasteiger charge is -2.19. The Kier molecular flexibility index (Phi) is 5.45. The van der Waals surface area contributed by atoms with Gasteiger partial charge in [0.2, 0.25) is 0 Å². The topological polar surface area (TPSA) is 116 Å². The second-order valence-electron chi connectivity index (χ2n) is 7.05. The van der Waals surface area contributed by atoms with Gasteiger partial charge in [0.1, 0.15) is 17.0 Å². The average Bonchev–Trinajstić information content (AvgIpc) is 3.23. The molecular weight excluding hydrogens is 425 g/mol. The first-order chi connectivity index (χ1) is 14.8. The third kappa shape index (κ3) is 3.88. The van der Waals surface area contributed by atoms with E-state index in [0.717, 1.165) is 6.54 Å². The van der Waals surface area contributed by atoms with E-state index in [1.54, 1.807) is 13.2 Å². The van der Waals surface area contributed by atoms with Crippen molar-refractivity contribution in [2.24, 2.45) is 0 Å². The molecule has 1 fully saturated rings. The number of methoxy groups -OCH3 is 1. The second kappa shape index (κ2) is 8.07. The van der Waals surface area contributed by atoms with Gasteiger partial charge >= 0.3 is 0 Å². The number of nitrogen functional groups attached to an aromatic ring is 1. The Balaban J connectivity index is 1.90. The summed E-state index contributed by atoms with van der Waals surface area (Å²) in [7, 11) is 1.55. The van der Waals surface area contributed by atoms with Crippen LogP contribution in [0.5, 0.6) is 0 Å². The number of hydrogen-bond donors (Lipinski definition) is 2. The van der Waals surface area contributed by atoms with Gasteiger partial charge in [-0.25, -0.2) is 14.4 Å². The molecule has 0 saturated carbocycles. The lowest BCUT2D eigenvalue weighted by Crippen LogP contribution is -2.32. The molecule has 1 aliphatic rings. The Morgan fingerprint density at radius 3 is 2.87 bits per heavy atom. The zero-order valence-electron chi connectivity index (χ0n) is 16.4. The number of rotatable bonds is 3. The molecule has 8 nitrogen and oxygen atoms in total. The summed E-state index contributed by atoms with van der Waals surface area (Å²) in [6.45, 7) is 1.26. The highest BCUT2D eigenvalue weighted by Gasteiger charge is 2.31. The molecule has 1 aliphatic heterocycles. The van der Waals surface area contributed by atoms with Crippen LogP contribution in [-0.2, 0) is 4.74 Å². The summed E-state index contributed by atoms with van der Waals surface area (Å²) in [6.07, 6.45) is 0.658. The number of nitro benzene ring substituents is 1. The number of benzene rings is 2. The summed E-state index contributed by atoms with van der Waals surface area (Å²) in [4.78, 5) is 19.6. The van der Waals surface area contributed by atoms with Crippen LogP contribution >= 0.6 is 11.6 Å². The van der Waals surface area contributed by atoms with Crippen molar-refractivity contribution in [1.29, 1.82) is 0 Å². The molecule has 3 N–H and O–H groups in total. The molecule has 1 aromatic heterocycles. The van der Waals surface area contributed by atoms with Gasteiger partial charge in [0.05, 0.1) is 21.0 Å². The largest absolute Gasteiger partial charge is 0.383 e. The highest BCUT2D eigenvalue weighted by Crippen LogP contribution is 2.31. The molecule has 1 unspecified atom stereocenters. The number of nitro groups is 1. The standard InChI is InChI=1S/C21H17ClFN5O3/c1-31-21(7-8-25-11-21)6-5-12-9-16-14(10-17(12)28(29)30)19(24)27-20(26-16)13-3-2-4-15(22)18(13)23/h2-4,9-10,25H,7-8,11H2,1H3,(H2,24,26,27). The highest BCUT2D eigenvalue weighted by atomic mass is 35.5. The predicted molar refractivity (Wildman–Crippen MR) is 115 cm³/mol. The number of nitrogens with one attached hydrogen (secondary N) is 1. The van der Waals surface area contributed by atoms with Crippen LogP contribution in [0.2, 0.25) is 5.02 Å². The first-order valence-corrected chi connectivity index (χ1v) is 9.70. The van der Waals surface area contributed by atoms with Crippen molar-refractivity contribution in [3.05, 3.63) is 56.8 Å². The van der Waals surface area contributed by atoms with Gasteiger partial charge in [0.25, 0.3) is 5.69 Å². The predicted octanol–water partition coefficient (Wildman–Crippen LogP) is 3.31. The maximum Gasteiger partial charge on any atom is 0.285 e. The van der Waals surface area contributed by atoms with Crippen LogP contribution < -0.4 is 11.1 Å². The second-order valence-corrected chi connectivity index (χ2v) is 7.46. The van der Waals surface area contributed by atoms with E-state index in [9.17, 15) is 14.5 Å². The number of fused-ring (bicyclic) bond motifs is 1. The number of nitrogens with two attached hydrogens (primary N) is 1. The van der Waals surface area contributed by atoms with Gasteiger partial charge in [-0.1, -0.05) is 29.5 Å². The Morgan fingerprint density at radius 1 is 1.39 bits per heavy atom. The van der Waals surface area contributed by atoms with E-state index in [-0.39, 0.29) is 38.9 Å². The number of halogens is 2. The van der Waals surface area contributed by atoms with Crippen LogP contribution in [0, 0.1) is 27.8 Å². The van der Waals surface area contributed by atoms with E-state index in [1.807, 2.05) is 0 Å². The van der Waals surface area contributed by atoms with Crippen molar-refractivity contribution in [1.82, 2.24) is 15.3 Å². The van der Waals surface area contributed by atoms with Gasteiger partial charge in [-0.3, -0.25) is 10.1 Å². The fraction of sp³-hybridized carbons (Fsp3) is 0.238. The Hall–Kier alpha value is -3.32. The lowest BCUT2D eigenvalue weighted by molar-refractivity contribution is -0.385. The average molecular weight is 442 g/mol. The highest BCUT2D eigenvalue weighted by molar-refractivity contribution is 6.31. The fourth-order valence-corrected chi connectivity index (χ4v) is 3.59. The summed E-state index contributed by atoms with van der Waals surface area (Å²) in [5.41, 5.74) is 5.60. The molecule has 1 atom stereocenters. The molecule has 0 spiro atoms. The molecule has 3 aromatic rings. The van der Waals surface area contributed by atoms with Crippen molar-refractivity contribution >= 4 is 34.0 Å². The number of anilines is 1. The monoisotopic (exact) mass is 441 g/mol. The van der Waals surface area contributed by atoms with E-state index < -0.39 is 16.3 Å². The maximum atomic E-state index is 14.5. The van der Waals surface area contributed by atoms with Crippen molar-refractivity contribution in [2.75, 3.05) is 25.9 Å². The number of hydrogen-bond acceptors (Lipinski definition) is 7. The molecule has 158 valence electrons. The zero-order chi connectivity index (χ0) is 22.2. The molecule has 10 heteroatoms. The fourth-order valence-electron chi connectivity index (χ4n) is 3.42. The molecule has 1 saturated heterocycles. The Bertz CT molecular complexity index is 1270. The van der Waals surface area contributed by atoms with Crippen LogP contribution in [0.25, 0.3) is 22.3 Å². The summed E-state index contributed by atoms with van der Waals surface area (Å²) < 4.78 is 20.0. The van der Waals surface area contributed by atoms with Crippen LogP contribution in [0.1, 0.15) is 12.0 Å². The van der Waals surface area contributed by atoms with Gasteiger partial charge in [-0.05, 0) is 24.7 Å². The lowest BCUT2D eigenvalue weighted by atomic mass is 10.0. The normalized spacial score (nSPS) is 18.0. The van der Waals surface area contributed by atoms with Crippen LogP contribution in [0.3, 0.4) is 0 Å². The molecule has 2 heterocycles. The van der Waals surface area contributed by atoms with E-state index >= 15 is 0 Å². The summed E-state index contributed by atoms with van der Waals surface area (Å²) in [5.74, 6) is 5.20. The molecule has 4 rings (SSSR count). The summed E-state index contributed by atoms with van der Waals surface area (Å²) in [5, 5.41) is 15.0. The molecule has 2 aromatic carbocycles. The maximum absolute atomic E-state index is 14.5. The number of aromatic nitrogens is 2. The summed E-state index contributed by atoms with van der Waals surface area (Å²) >= 11 is 5.86. The third-order valence-electron chi connectivity index (χ3n) is 5.16. The van der Waals surface area contributed by atoms with Crippen molar-refractivity contribution in [3.63, 3.8) is 0 Å². The number of ether oxygens (including phenoxy) is 1. The Morgan fingerprint density at radius 2 is 2.19 bits per heavy atom. The van der Waals surface area contributed by atoms with Crippen LogP contribution in [-0.4, -0.2) is 40.7 Å². The van der Waals surface area contributed by atoms with E-state index in [2.05, 4.69) is 27.1 Å². The first kappa shape index (κ1) is 20.9. The Labute approximate surface area is 181 Å². The molecule has 0 aliphatic carbocycles. The van der Waals surface area contributed by atoms with Gasteiger partial charge in [-0.15, -0.1) is 0 Å². The minimum absolute atomic E-state index is 0.0182.